The van der Waals surface area contributed by atoms with Crippen molar-refractivity contribution in [3.63, 3.8) is 0 Å². The number of thiazole rings is 1. The van der Waals surface area contributed by atoms with Crippen LogP contribution in [-0.2, 0) is 10.2 Å². The maximum Gasteiger partial charge on any atom is 0.315 e. The van der Waals surface area contributed by atoms with Gasteiger partial charge in [-0.25, -0.2) is 4.98 Å². The average molecular weight is 300 g/mol. The van der Waals surface area contributed by atoms with E-state index in [1.807, 2.05) is 17.1 Å². The van der Waals surface area contributed by atoms with Crippen LogP contribution in [0.1, 0.15) is 33.4 Å². The van der Waals surface area contributed by atoms with Crippen LogP contribution in [0, 0.1) is 0 Å². The highest BCUT2D eigenvalue weighted by Gasteiger charge is 2.34. The van der Waals surface area contributed by atoms with Gasteiger partial charge < -0.3 is 10.0 Å². The Labute approximate surface area is 122 Å². The predicted molar refractivity (Wildman–Crippen MR) is 81.5 cm³/mol. The molecule has 2 unspecified atom stereocenters. The van der Waals surface area contributed by atoms with Gasteiger partial charge in [0.25, 0.3) is 0 Å². The van der Waals surface area contributed by atoms with Crippen LogP contribution in [0.25, 0.3) is 0 Å². The number of thioether (sulfide) groups is 1. The summed E-state index contributed by atoms with van der Waals surface area (Å²) in [7, 11) is 0. The third-order valence-electron chi connectivity index (χ3n) is 3.80. The van der Waals surface area contributed by atoms with Crippen molar-refractivity contribution in [1.82, 2.24) is 4.98 Å². The summed E-state index contributed by atoms with van der Waals surface area (Å²) in [6.07, 6.45) is 0. The van der Waals surface area contributed by atoms with Gasteiger partial charge in [-0.05, 0) is 20.8 Å². The highest BCUT2D eigenvalue weighted by Crippen LogP contribution is 2.34. The monoisotopic (exact) mass is 300 g/mol. The van der Waals surface area contributed by atoms with Gasteiger partial charge in [0.15, 0.2) is 5.13 Å². The van der Waals surface area contributed by atoms with Crippen molar-refractivity contribution in [3.05, 3.63) is 11.1 Å². The molecule has 0 aliphatic carbocycles. The zero-order valence-electron chi connectivity index (χ0n) is 11.7. The summed E-state index contributed by atoms with van der Waals surface area (Å²) in [6.45, 7) is 8.83. The second-order valence-electron chi connectivity index (χ2n) is 5.46. The van der Waals surface area contributed by atoms with Gasteiger partial charge >= 0.3 is 5.97 Å². The number of hydrogen-bond acceptors (Lipinski definition) is 5. The first kappa shape index (κ1) is 14.7. The molecule has 6 heteroatoms. The lowest BCUT2D eigenvalue weighted by Crippen LogP contribution is -2.44. The number of rotatable bonds is 3. The average Bonchev–Trinajstić information content (AvgIpc) is 2.82. The topological polar surface area (TPSA) is 53.4 Å². The number of aliphatic carboxylic acids is 1. The van der Waals surface area contributed by atoms with Crippen LogP contribution in [0.4, 0.5) is 5.13 Å². The van der Waals surface area contributed by atoms with Crippen molar-refractivity contribution in [2.75, 3.05) is 17.2 Å². The number of carbonyl (C=O) groups is 1. The van der Waals surface area contributed by atoms with Gasteiger partial charge in [0, 0.05) is 29.0 Å². The Morgan fingerprint density at radius 2 is 2.21 bits per heavy atom. The summed E-state index contributed by atoms with van der Waals surface area (Å²) < 4.78 is 0. The standard InChI is InChI=1S/C13H20N2O2S2/c1-8-9(2)18-6-5-15(8)12-14-10(7-19-12)13(3,4)11(16)17/h7-9H,5-6H2,1-4H3,(H,16,17). The Morgan fingerprint density at radius 3 is 2.84 bits per heavy atom. The largest absolute Gasteiger partial charge is 0.481 e. The predicted octanol–water partition coefficient (Wildman–Crippen LogP) is 2.84. The number of nitrogens with zero attached hydrogens (tertiary/aromatic N) is 2. The summed E-state index contributed by atoms with van der Waals surface area (Å²) in [4.78, 5) is 18.1. The fraction of sp³-hybridized carbons (Fsp3) is 0.692. The Hall–Kier alpha value is -0.750. The van der Waals surface area contributed by atoms with Crippen LogP contribution in [0.3, 0.4) is 0 Å². The Balaban J connectivity index is 2.24. The molecule has 4 nitrogen and oxygen atoms in total. The van der Waals surface area contributed by atoms with E-state index in [2.05, 4.69) is 23.7 Å². The Bertz CT molecular complexity index is 473. The van der Waals surface area contributed by atoms with E-state index in [1.54, 1.807) is 25.2 Å². The molecule has 0 spiro atoms. The van der Waals surface area contributed by atoms with E-state index in [0.29, 0.717) is 17.0 Å². The summed E-state index contributed by atoms with van der Waals surface area (Å²) in [5, 5.41) is 12.7. The van der Waals surface area contributed by atoms with Crippen LogP contribution in [0.2, 0.25) is 0 Å². The minimum atomic E-state index is -0.922. The van der Waals surface area contributed by atoms with Gasteiger partial charge in [-0.3, -0.25) is 4.79 Å². The SMILES string of the molecule is CC1SCCN(c2nc(C(C)(C)C(=O)O)cs2)C1C. The second kappa shape index (κ2) is 5.32. The van der Waals surface area contributed by atoms with E-state index < -0.39 is 11.4 Å². The van der Waals surface area contributed by atoms with Gasteiger partial charge in [0.1, 0.15) is 5.41 Å². The molecule has 1 aromatic rings. The van der Waals surface area contributed by atoms with Crippen molar-refractivity contribution in [2.24, 2.45) is 0 Å². The third-order valence-corrected chi connectivity index (χ3v) is 6.01. The molecule has 1 fully saturated rings. The molecule has 0 amide bonds. The van der Waals surface area contributed by atoms with Crippen LogP contribution in [-0.4, -0.2) is 39.6 Å². The molecule has 1 aliphatic rings. The van der Waals surface area contributed by atoms with Gasteiger partial charge in [-0.1, -0.05) is 6.92 Å². The van der Waals surface area contributed by atoms with Crippen LogP contribution in [0.15, 0.2) is 5.38 Å². The normalized spacial score (nSPS) is 24.5. The molecule has 19 heavy (non-hydrogen) atoms. The van der Waals surface area contributed by atoms with E-state index in [4.69, 9.17) is 0 Å². The van der Waals surface area contributed by atoms with Gasteiger partial charge in [0.05, 0.1) is 5.69 Å². The number of aromatic nitrogens is 1. The number of carboxylic acids is 1. The maximum atomic E-state index is 11.3. The zero-order chi connectivity index (χ0) is 14.2. The van der Waals surface area contributed by atoms with E-state index in [-0.39, 0.29) is 0 Å². The van der Waals surface area contributed by atoms with E-state index >= 15 is 0 Å². The van der Waals surface area contributed by atoms with E-state index in [9.17, 15) is 9.90 Å². The second-order valence-corrected chi connectivity index (χ2v) is 7.78. The quantitative estimate of drug-likeness (QED) is 0.930. The Kier molecular flexibility index (Phi) is 4.11. The molecular weight excluding hydrogens is 280 g/mol. The van der Waals surface area contributed by atoms with Gasteiger partial charge in [0.2, 0.25) is 0 Å². The fourth-order valence-corrected chi connectivity index (χ4v) is 4.20. The van der Waals surface area contributed by atoms with Crippen LogP contribution in [0.5, 0.6) is 0 Å². The van der Waals surface area contributed by atoms with Crippen molar-refractivity contribution < 1.29 is 9.90 Å². The molecule has 1 saturated heterocycles. The molecule has 0 bridgehead atoms. The number of carboxylic acid groups (broad SMARTS) is 1. The molecule has 1 aromatic heterocycles. The van der Waals surface area contributed by atoms with Gasteiger partial charge in [-0.15, -0.1) is 11.3 Å². The highest BCUT2D eigenvalue weighted by atomic mass is 32.2. The maximum absolute atomic E-state index is 11.3. The lowest BCUT2D eigenvalue weighted by Gasteiger charge is -2.37. The van der Waals surface area contributed by atoms with E-state index in [0.717, 1.165) is 17.4 Å². The number of hydrogen-bond donors (Lipinski definition) is 1. The van der Waals surface area contributed by atoms with Crippen molar-refractivity contribution in [3.8, 4) is 0 Å². The lowest BCUT2D eigenvalue weighted by molar-refractivity contribution is -0.142. The molecule has 1 aliphatic heterocycles. The van der Waals surface area contributed by atoms with E-state index in [1.165, 1.54) is 0 Å². The third kappa shape index (κ3) is 2.74. The van der Waals surface area contributed by atoms with Crippen LogP contribution >= 0.6 is 23.1 Å². The summed E-state index contributed by atoms with van der Waals surface area (Å²) in [6, 6.07) is 0.436. The first-order valence-corrected chi connectivity index (χ1v) is 8.34. The first-order valence-electron chi connectivity index (χ1n) is 6.41. The molecule has 106 valence electrons. The minimum Gasteiger partial charge on any atom is -0.481 e. The molecular formula is C13H20N2O2S2. The molecule has 0 saturated carbocycles. The van der Waals surface area contributed by atoms with Gasteiger partial charge in [-0.2, -0.15) is 11.8 Å². The zero-order valence-corrected chi connectivity index (χ0v) is 13.3. The molecule has 0 radical (unpaired) electrons. The van der Waals surface area contributed by atoms with Crippen molar-refractivity contribution in [1.29, 1.82) is 0 Å². The smallest absolute Gasteiger partial charge is 0.315 e. The molecule has 2 heterocycles. The molecule has 2 atom stereocenters. The minimum absolute atomic E-state index is 0.436. The van der Waals surface area contributed by atoms with Crippen LogP contribution < -0.4 is 4.90 Å². The fourth-order valence-electron chi connectivity index (χ4n) is 2.00. The lowest BCUT2D eigenvalue weighted by atomic mass is 9.90. The number of anilines is 1. The summed E-state index contributed by atoms with van der Waals surface area (Å²) in [5.74, 6) is 0.267. The van der Waals surface area contributed by atoms with Crippen molar-refractivity contribution >= 4 is 34.2 Å². The van der Waals surface area contributed by atoms with Crippen molar-refractivity contribution in [2.45, 2.75) is 44.4 Å². The highest BCUT2D eigenvalue weighted by molar-refractivity contribution is 8.00. The molecule has 1 N–H and O–H groups in total. The summed E-state index contributed by atoms with van der Waals surface area (Å²) >= 11 is 3.53. The Morgan fingerprint density at radius 1 is 1.53 bits per heavy atom. The summed E-state index contributed by atoms with van der Waals surface area (Å²) in [5.41, 5.74) is -0.271. The molecule has 2 rings (SSSR count). The molecule has 0 aromatic carbocycles. The first-order chi connectivity index (χ1) is 8.84.